The summed E-state index contributed by atoms with van der Waals surface area (Å²) in [5.74, 6) is 0.729. The average molecular weight is 337 g/mol. The topological polar surface area (TPSA) is 32.3 Å². The first-order chi connectivity index (χ1) is 10.2. The lowest BCUT2D eigenvalue weighted by Crippen LogP contribution is -2.62. The van der Waals surface area contributed by atoms with Gasteiger partial charge in [-0.15, -0.1) is 23.7 Å². The molecule has 1 amide bonds. The lowest BCUT2D eigenvalue weighted by atomic mass is 9.79. The first-order valence-corrected chi connectivity index (χ1v) is 8.62. The van der Waals surface area contributed by atoms with Gasteiger partial charge < -0.3 is 5.32 Å². The zero-order chi connectivity index (χ0) is 14.4. The first-order valence-electron chi connectivity index (χ1n) is 7.74. The highest BCUT2D eigenvalue weighted by Gasteiger charge is 2.40. The van der Waals surface area contributed by atoms with Gasteiger partial charge in [0.15, 0.2) is 0 Å². The fourth-order valence-corrected chi connectivity index (χ4v) is 4.66. The highest BCUT2D eigenvalue weighted by Crippen LogP contribution is 2.32. The normalized spacial score (nSPS) is 30.0. The minimum absolute atomic E-state index is 0. The van der Waals surface area contributed by atoms with E-state index in [-0.39, 0.29) is 18.3 Å². The molecule has 3 fully saturated rings. The van der Waals surface area contributed by atoms with Crippen molar-refractivity contribution in [2.24, 2.45) is 5.92 Å². The smallest absolute Gasteiger partial charge is 0.251 e. The van der Waals surface area contributed by atoms with E-state index in [1.807, 2.05) is 12.1 Å². The van der Waals surface area contributed by atoms with Gasteiger partial charge in [0, 0.05) is 22.3 Å². The SMILES string of the molecule is C[C@H]1[C@H](NC(=O)c2ccc3sccc3c2)C2CCN1CC2.Cl. The Morgan fingerprint density at radius 1 is 1.27 bits per heavy atom. The van der Waals surface area contributed by atoms with Gasteiger partial charge in [0.2, 0.25) is 0 Å². The molecular formula is C17H21ClN2OS. The van der Waals surface area contributed by atoms with Crippen LogP contribution in [0.2, 0.25) is 0 Å². The van der Waals surface area contributed by atoms with E-state index in [9.17, 15) is 4.79 Å². The van der Waals surface area contributed by atoms with Crippen molar-refractivity contribution in [2.75, 3.05) is 13.1 Å². The van der Waals surface area contributed by atoms with Crippen LogP contribution in [-0.4, -0.2) is 36.0 Å². The van der Waals surface area contributed by atoms with Crippen LogP contribution in [0.25, 0.3) is 10.1 Å². The molecule has 3 nitrogen and oxygen atoms in total. The molecule has 5 rings (SSSR count). The second kappa shape index (κ2) is 6.19. The number of nitrogens with zero attached hydrogens (tertiary/aromatic N) is 1. The Morgan fingerprint density at radius 2 is 2.05 bits per heavy atom. The number of halogens is 1. The molecule has 5 heteroatoms. The van der Waals surface area contributed by atoms with Crippen molar-refractivity contribution in [2.45, 2.75) is 31.8 Å². The van der Waals surface area contributed by atoms with Gasteiger partial charge in [0.05, 0.1) is 0 Å². The number of fused-ring (bicyclic) bond motifs is 4. The Morgan fingerprint density at radius 3 is 2.77 bits per heavy atom. The van der Waals surface area contributed by atoms with Crippen LogP contribution in [-0.2, 0) is 0 Å². The van der Waals surface area contributed by atoms with Gasteiger partial charge in [0.25, 0.3) is 5.91 Å². The van der Waals surface area contributed by atoms with E-state index in [2.05, 4.69) is 34.7 Å². The fraction of sp³-hybridized carbons (Fsp3) is 0.471. The van der Waals surface area contributed by atoms with Gasteiger partial charge in [-0.25, -0.2) is 0 Å². The number of rotatable bonds is 2. The quantitative estimate of drug-likeness (QED) is 0.909. The van der Waals surface area contributed by atoms with Crippen molar-refractivity contribution in [1.29, 1.82) is 0 Å². The highest BCUT2D eigenvalue weighted by molar-refractivity contribution is 7.17. The molecular weight excluding hydrogens is 316 g/mol. The van der Waals surface area contributed by atoms with Crippen molar-refractivity contribution >= 4 is 39.7 Å². The van der Waals surface area contributed by atoms with E-state index in [4.69, 9.17) is 0 Å². The fourth-order valence-electron chi connectivity index (χ4n) is 3.89. The zero-order valence-corrected chi connectivity index (χ0v) is 14.3. The van der Waals surface area contributed by atoms with Crippen molar-refractivity contribution < 1.29 is 4.79 Å². The monoisotopic (exact) mass is 336 g/mol. The second-order valence-electron chi connectivity index (χ2n) is 6.29. The Hall–Kier alpha value is -1.10. The number of hydrogen-bond acceptors (Lipinski definition) is 3. The van der Waals surface area contributed by atoms with Crippen molar-refractivity contribution in [3.8, 4) is 0 Å². The van der Waals surface area contributed by atoms with Crippen LogP contribution in [0.15, 0.2) is 29.6 Å². The molecule has 118 valence electrons. The molecule has 1 aromatic heterocycles. The number of benzene rings is 1. The Balaban J connectivity index is 0.00000144. The van der Waals surface area contributed by atoms with Crippen LogP contribution < -0.4 is 5.32 Å². The van der Waals surface area contributed by atoms with Gasteiger partial charge in [-0.1, -0.05) is 0 Å². The van der Waals surface area contributed by atoms with Crippen molar-refractivity contribution in [3.63, 3.8) is 0 Å². The number of carbonyl (C=O) groups excluding carboxylic acids is 1. The Kier molecular flexibility index (Phi) is 4.44. The number of hydrogen-bond donors (Lipinski definition) is 1. The Bertz CT molecular complexity index is 676. The summed E-state index contributed by atoms with van der Waals surface area (Å²) in [6, 6.07) is 8.85. The molecule has 4 heterocycles. The van der Waals surface area contributed by atoms with E-state index in [1.54, 1.807) is 11.3 Å². The van der Waals surface area contributed by atoms with E-state index in [1.165, 1.54) is 30.6 Å². The zero-order valence-electron chi connectivity index (χ0n) is 12.6. The van der Waals surface area contributed by atoms with Crippen LogP contribution in [0.3, 0.4) is 0 Å². The first kappa shape index (κ1) is 15.8. The Labute approximate surface area is 141 Å². The van der Waals surface area contributed by atoms with E-state index >= 15 is 0 Å². The predicted molar refractivity (Wildman–Crippen MR) is 94.1 cm³/mol. The number of carbonyl (C=O) groups is 1. The van der Waals surface area contributed by atoms with Crippen molar-refractivity contribution in [3.05, 3.63) is 35.2 Å². The van der Waals surface area contributed by atoms with E-state index in [0.29, 0.717) is 18.0 Å². The lowest BCUT2D eigenvalue weighted by Gasteiger charge is -2.49. The van der Waals surface area contributed by atoms with Gasteiger partial charge >= 0.3 is 0 Å². The predicted octanol–water partition coefficient (Wildman–Crippen LogP) is 3.54. The van der Waals surface area contributed by atoms with Gasteiger partial charge in [0.1, 0.15) is 0 Å². The molecule has 1 aromatic carbocycles. The van der Waals surface area contributed by atoms with Crippen molar-refractivity contribution in [1.82, 2.24) is 10.2 Å². The molecule has 2 atom stereocenters. The van der Waals surface area contributed by atoms with E-state index in [0.717, 1.165) is 10.9 Å². The molecule has 0 spiro atoms. The molecule has 2 bridgehead atoms. The molecule has 2 aromatic rings. The minimum atomic E-state index is 0. The third kappa shape index (κ3) is 2.64. The summed E-state index contributed by atoms with van der Waals surface area (Å²) in [6.45, 7) is 4.64. The largest absolute Gasteiger partial charge is 0.347 e. The molecule has 3 aliphatic rings. The lowest BCUT2D eigenvalue weighted by molar-refractivity contribution is 0.0217. The number of piperidine rings is 3. The maximum absolute atomic E-state index is 12.6. The summed E-state index contributed by atoms with van der Waals surface area (Å²) in [6.07, 6.45) is 2.44. The molecule has 0 radical (unpaired) electrons. The molecule has 0 unspecified atom stereocenters. The van der Waals surface area contributed by atoms with Gasteiger partial charge in [-0.2, -0.15) is 0 Å². The molecule has 22 heavy (non-hydrogen) atoms. The summed E-state index contributed by atoms with van der Waals surface area (Å²) in [7, 11) is 0. The average Bonchev–Trinajstić information content (AvgIpc) is 2.98. The molecule has 3 saturated heterocycles. The van der Waals surface area contributed by atoms with Crippen LogP contribution >= 0.6 is 23.7 Å². The van der Waals surface area contributed by atoms with Gasteiger partial charge in [-0.05, 0) is 73.8 Å². The minimum Gasteiger partial charge on any atom is -0.347 e. The maximum Gasteiger partial charge on any atom is 0.251 e. The molecule has 0 saturated carbocycles. The maximum atomic E-state index is 12.6. The van der Waals surface area contributed by atoms with Gasteiger partial charge in [-0.3, -0.25) is 9.69 Å². The number of nitrogens with one attached hydrogen (secondary N) is 1. The van der Waals surface area contributed by atoms with Crippen LogP contribution in [0.5, 0.6) is 0 Å². The van der Waals surface area contributed by atoms with Crippen LogP contribution in [0, 0.1) is 5.92 Å². The third-order valence-electron chi connectivity index (χ3n) is 5.19. The summed E-state index contributed by atoms with van der Waals surface area (Å²) in [4.78, 5) is 15.1. The number of thiophene rings is 1. The van der Waals surface area contributed by atoms with Crippen LogP contribution in [0.4, 0.5) is 0 Å². The highest BCUT2D eigenvalue weighted by atomic mass is 35.5. The van der Waals surface area contributed by atoms with E-state index < -0.39 is 0 Å². The third-order valence-corrected chi connectivity index (χ3v) is 6.09. The van der Waals surface area contributed by atoms with Crippen LogP contribution in [0.1, 0.15) is 30.1 Å². The summed E-state index contributed by atoms with van der Waals surface area (Å²) in [5, 5.41) is 6.53. The summed E-state index contributed by atoms with van der Waals surface area (Å²) in [5.41, 5.74) is 0.782. The summed E-state index contributed by atoms with van der Waals surface area (Å²) >= 11 is 1.72. The molecule has 0 aliphatic carbocycles. The summed E-state index contributed by atoms with van der Waals surface area (Å²) < 4.78 is 1.24. The number of amides is 1. The molecule has 3 aliphatic heterocycles. The second-order valence-corrected chi connectivity index (χ2v) is 7.23. The standard InChI is InChI=1S/C17H20N2OS.ClH/c1-11-16(12-4-7-19(11)8-5-12)18-17(20)14-2-3-15-13(10-14)6-9-21-15;/h2-3,6,9-12,16H,4-5,7-8H2,1H3,(H,18,20);1H/t11-,16-;/m0./s1. The molecule has 1 N–H and O–H groups in total.